The van der Waals surface area contributed by atoms with Crippen molar-refractivity contribution in [3.8, 4) is 0 Å². The smallest absolute Gasteiger partial charge is 0.0697 e. The molecule has 1 aliphatic heterocycles. The van der Waals surface area contributed by atoms with Crippen LogP contribution >= 0.6 is 0 Å². The lowest BCUT2D eigenvalue weighted by atomic mass is 10.0. The van der Waals surface area contributed by atoms with Crippen molar-refractivity contribution in [2.24, 2.45) is 5.92 Å². The summed E-state index contributed by atoms with van der Waals surface area (Å²) in [4.78, 5) is 0. The lowest BCUT2D eigenvalue weighted by molar-refractivity contribution is -0.0115. The Kier molecular flexibility index (Phi) is 5.07. The molecule has 94 valence electrons. The molecule has 0 radical (unpaired) electrons. The van der Waals surface area contributed by atoms with Crippen molar-refractivity contribution in [2.75, 3.05) is 26.4 Å². The van der Waals surface area contributed by atoms with Gasteiger partial charge in [-0.15, -0.1) is 0 Å². The quantitative estimate of drug-likeness (QED) is 0.721. The van der Waals surface area contributed by atoms with Crippen LogP contribution in [0.2, 0.25) is 0 Å². The van der Waals surface area contributed by atoms with Crippen LogP contribution in [0.3, 0.4) is 0 Å². The fourth-order valence-electron chi connectivity index (χ4n) is 2.09. The largest absolute Gasteiger partial charge is 0.381 e. The molecule has 1 heterocycles. The number of ether oxygens (including phenoxy) is 2. The lowest BCUT2D eigenvalue weighted by Crippen LogP contribution is -2.32. The third kappa shape index (κ3) is 4.40. The minimum Gasteiger partial charge on any atom is -0.381 e. The second-order valence-electron chi connectivity index (χ2n) is 5.10. The van der Waals surface area contributed by atoms with Crippen molar-refractivity contribution < 1.29 is 9.47 Å². The van der Waals surface area contributed by atoms with E-state index in [0.29, 0.717) is 6.10 Å². The van der Waals surface area contributed by atoms with E-state index in [0.717, 1.165) is 44.7 Å². The molecular formula is C13H25NO2. The first-order valence-corrected chi connectivity index (χ1v) is 6.81. The van der Waals surface area contributed by atoms with E-state index >= 15 is 0 Å². The summed E-state index contributed by atoms with van der Waals surface area (Å²) in [7, 11) is 0. The van der Waals surface area contributed by atoms with Gasteiger partial charge < -0.3 is 14.8 Å². The topological polar surface area (TPSA) is 30.5 Å². The second kappa shape index (κ2) is 6.58. The molecule has 3 nitrogen and oxygen atoms in total. The van der Waals surface area contributed by atoms with Crippen LogP contribution in [0.15, 0.2) is 0 Å². The van der Waals surface area contributed by atoms with Crippen LogP contribution in [0.25, 0.3) is 0 Å². The van der Waals surface area contributed by atoms with Crippen LogP contribution in [0.5, 0.6) is 0 Å². The summed E-state index contributed by atoms with van der Waals surface area (Å²) < 4.78 is 11.3. The van der Waals surface area contributed by atoms with E-state index in [2.05, 4.69) is 12.2 Å². The van der Waals surface area contributed by atoms with E-state index in [1.54, 1.807) is 0 Å². The van der Waals surface area contributed by atoms with Gasteiger partial charge in [-0.2, -0.15) is 0 Å². The monoisotopic (exact) mass is 227 g/mol. The molecule has 1 aliphatic carbocycles. The molecule has 0 aromatic carbocycles. The van der Waals surface area contributed by atoms with Crippen LogP contribution in [-0.4, -0.2) is 38.5 Å². The predicted molar refractivity (Wildman–Crippen MR) is 64.6 cm³/mol. The Labute approximate surface area is 98.9 Å². The van der Waals surface area contributed by atoms with Gasteiger partial charge in [-0.05, 0) is 38.0 Å². The molecule has 0 aromatic heterocycles. The predicted octanol–water partition coefficient (Wildman–Crippen LogP) is 1.96. The molecule has 1 unspecified atom stereocenters. The summed E-state index contributed by atoms with van der Waals surface area (Å²) in [5.41, 5.74) is 0. The first kappa shape index (κ1) is 12.3. The Morgan fingerprint density at radius 3 is 2.62 bits per heavy atom. The summed E-state index contributed by atoms with van der Waals surface area (Å²) in [6.45, 7) is 6.01. The Balaban J connectivity index is 1.57. The molecular weight excluding hydrogens is 202 g/mol. The summed E-state index contributed by atoms with van der Waals surface area (Å²) in [5.74, 6) is 0.726. The zero-order chi connectivity index (χ0) is 11.2. The van der Waals surface area contributed by atoms with Gasteiger partial charge in [-0.1, -0.05) is 6.92 Å². The molecule has 0 amide bonds. The third-order valence-corrected chi connectivity index (χ3v) is 3.58. The van der Waals surface area contributed by atoms with Gasteiger partial charge in [0.05, 0.1) is 6.10 Å². The number of nitrogens with one attached hydrogen (secondary N) is 1. The Morgan fingerprint density at radius 1 is 1.25 bits per heavy atom. The van der Waals surface area contributed by atoms with Crippen molar-refractivity contribution in [3.05, 3.63) is 0 Å². The van der Waals surface area contributed by atoms with E-state index in [-0.39, 0.29) is 0 Å². The van der Waals surface area contributed by atoms with E-state index in [4.69, 9.17) is 9.47 Å². The molecule has 16 heavy (non-hydrogen) atoms. The third-order valence-electron chi connectivity index (χ3n) is 3.58. The lowest BCUT2D eigenvalue weighted by Gasteiger charge is -2.24. The summed E-state index contributed by atoms with van der Waals surface area (Å²) in [5, 5.41) is 3.55. The number of hydrogen-bond acceptors (Lipinski definition) is 3. The Bertz CT molecular complexity index is 188. The maximum Gasteiger partial charge on any atom is 0.0697 e. The van der Waals surface area contributed by atoms with Gasteiger partial charge in [0.1, 0.15) is 0 Å². The molecule has 1 atom stereocenters. The summed E-state index contributed by atoms with van der Waals surface area (Å²) in [6, 6.07) is 0.792. The standard InChI is InChI=1S/C13H25NO2/c1-2-13(9-14-12-3-4-12)16-10-11-5-7-15-8-6-11/h11-14H,2-10H2,1H3. The molecule has 2 fully saturated rings. The molecule has 1 N–H and O–H groups in total. The van der Waals surface area contributed by atoms with Crippen LogP contribution in [0.4, 0.5) is 0 Å². The zero-order valence-electron chi connectivity index (χ0n) is 10.4. The van der Waals surface area contributed by atoms with Gasteiger partial charge in [-0.25, -0.2) is 0 Å². The van der Waals surface area contributed by atoms with Crippen LogP contribution in [-0.2, 0) is 9.47 Å². The van der Waals surface area contributed by atoms with Crippen LogP contribution in [0.1, 0.15) is 39.0 Å². The van der Waals surface area contributed by atoms with E-state index in [1.807, 2.05) is 0 Å². The van der Waals surface area contributed by atoms with Crippen LogP contribution in [0, 0.1) is 5.92 Å². The van der Waals surface area contributed by atoms with Crippen molar-refractivity contribution in [2.45, 2.75) is 51.2 Å². The van der Waals surface area contributed by atoms with Crippen molar-refractivity contribution >= 4 is 0 Å². The summed E-state index contributed by atoms with van der Waals surface area (Å²) in [6.07, 6.45) is 6.58. The van der Waals surface area contributed by atoms with Crippen molar-refractivity contribution in [1.82, 2.24) is 5.32 Å². The minimum absolute atomic E-state index is 0.406. The SMILES string of the molecule is CCC(CNC1CC1)OCC1CCOCC1. The molecule has 2 rings (SSSR count). The molecule has 2 aliphatic rings. The second-order valence-corrected chi connectivity index (χ2v) is 5.10. The molecule has 1 saturated heterocycles. The van der Waals surface area contributed by atoms with Gasteiger partial charge in [0.25, 0.3) is 0 Å². The highest BCUT2D eigenvalue weighted by Gasteiger charge is 2.22. The van der Waals surface area contributed by atoms with E-state index in [9.17, 15) is 0 Å². The van der Waals surface area contributed by atoms with Gasteiger partial charge in [-0.3, -0.25) is 0 Å². The molecule has 1 saturated carbocycles. The number of rotatable bonds is 7. The minimum atomic E-state index is 0.406. The average Bonchev–Trinajstić information content (AvgIpc) is 3.15. The van der Waals surface area contributed by atoms with Gasteiger partial charge in [0.2, 0.25) is 0 Å². The van der Waals surface area contributed by atoms with Gasteiger partial charge >= 0.3 is 0 Å². The first-order valence-electron chi connectivity index (χ1n) is 6.81. The van der Waals surface area contributed by atoms with Crippen LogP contribution < -0.4 is 5.32 Å². The van der Waals surface area contributed by atoms with Gasteiger partial charge in [0, 0.05) is 32.4 Å². The van der Waals surface area contributed by atoms with Gasteiger partial charge in [0.15, 0.2) is 0 Å². The zero-order valence-corrected chi connectivity index (χ0v) is 10.4. The molecule has 0 bridgehead atoms. The van der Waals surface area contributed by atoms with E-state index < -0.39 is 0 Å². The molecule has 3 heteroatoms. The van der Waals surface area contributed by atoms with Crippen molar-refractivity contribution in [3.63, 3.8) is 0 Å². The normalized spacial score (nSPS) is 24.6. The summed E-state index contributed by atoms with van der Waals surface area (Å²) >= 11 is 0. The fourth-order valence-corrected chi connectivity index (χ4v) is 2.09. The highest BCUT2D eigenvalue weighted by molar-refractivity contribution is 4.82. The highest BCUT2D eigenvalue weighted by atomic mass is 16.5. The molecule has 0 spiro atoms. The number of hydrogen-bond donors (Lipinski definition) is 1. The first-order chi connectivity index (χ1) is 7.88. The van der Waals surface area contributed by atoms with Crippen molar-refractivity contribution in [1.29, 1.82) is 0 Å². The Morgan fingerprint density at radius 2 is 2.00 bits per heavy atom. The highest BCUT2D eigenvalue weighted by Crippen LogP contribution is 2.19. The maximum atomic E-state index is 5.99. The maximum absolute atomic E-state index is 5.99. The fraction of sp³-hybridized carbons (Fsp3) is 1.00. The molecule has 0 aromatic rings. The Hall–Kier alpha value is -0.120. The van der Waals surface area contributed by atoms with E-state index in [1.165, 1.54) is 25.7 Å². The average molecular weight is 227 g/mol.